The number of rotatable bonds is 6. The molecule has 0 atom stereocenters. The van der Waals surface area contributed by atoms with Gasteiger partial charge in [0.1, 0.15) is 11.5 Å². The number of hydrogen-bond acceptors (Lipinski definition) is 5. The number of benzene rings is 2. The maximum Gasteiger partial charge on any atom is 0.245 e. The zero-order chi connectivity index (χ0) is 19.6. The minimum atomic E-state index is -0.347. The van der Waals surface area contributed by atoms with Gasteiger partial charge in [-0.15, -0.1) is 0 Å². The highest BCUT2D eigenvalue weighted by atomic mass is 16.5. The first-order chi connectivity index (χ1) is 12.9. The number of phenols is 2. The molecule has 1 amide bonds. The highest BCUT2D eigenvalue weighted by Crippen LogP contribution is 2.38. The van der Waals surface area contributed by atoms with E-state index in [-0.39, 0.29) is 40.7 Å². The maximum atomic E-state index is 12.8. The molecule has 142 valence electrons. The van der Waals surface area contributed by atoms with Crippen LogP contribution in [0.25, 0.3) is 0 Å². The molecule has 0 radical (unpaired) electrons. The third kappa shape index (κ3) is 3.80. The summed E-state index contributed by atoms with van der Waals surface area (Å²) in [6.07, 6.45) is 3.53. The normalized spacial score (nSPS) is 12.4. The molecule has 27 heavy (non-hydrogen) atoms. The summed E-state index contributed by atoms with van der Waals surface area (Å²) in [4.78, 5) is 24.2. The van der Waals surface area contributed by atoms with E-state index in [1.54, 1.807) is 6.07 Å². The van der Waals surface area contributed by atoms with Crippen molar-refractivity contribution in [2.45, 2.75) is 38.5 Å². The Hall–Kier alpha value is -2.86. The molecule has 3 rings (SSSR count). The van der Waals surface area contributed by atoms with Crippen LogP contribution in [0.2, 0.25) is 0 Å². The molecule has 2 aromatic rings. The fourth-order valence-corrected chi connectivity index (χ4v) is 3.53. The summed E-state index contributed by atoms with van der Waals surface area (Å²) in [7, 11) is 1.31. The van der Waals surface area contributed by atoms with E-state index in [1.807, 2.05) is 18.2 Å². The van der Waals surface area contributed by atoms with Gasteiger partial charge >= 0.3 is 0 Å². The number of phenolic OH excluding ortho intramolecular Hbond substituents is 2. The van der Waals surface area contributed by atoms with E-state index in [1.165, 1.54) is 13.1 Å². The number of carbonyl (C=O) groups is 2. The van der Waals surface area contributed by atoms with Crippen molar-refractivity contribution in [3.63, 3.8) is 0 Å². The van der Waals surface area contributed by atoms with Gasteiger partial charge in [0.15, 0.2) is 0 Å². The highest BCUT2D eigenvalue weighted by Gasteiger charge is 2.29. The maximum absolute atomic E-state index is 12.8. The van der Waals surface area contributed by atoms with Crippen LogP contribution in [0.15, 0.2) is 30.3 Å². The lowest BCUT2D eigenvalue weighted by molar-refractivity contribution is -0.159. The van der Waals surface area contributed by atoms with Crippen molar-refractivity contribution in [3.8, 4) is 11.5 Å². The average molecular weight is 369 g/mol. The predicted octanol–water partition coefficient (Wildman–Crippen LogP) is 3.18. The molecule has 1 aliphatic carbocycles. The van der Waals surface area contributed by atoms with Crippen LogP contribution in [0.1, 0.15) is 58.3 Å². The number of hydroxylamine groups is 2. The van der Waals surface area contributed by atoms with E-state index >= 15 is 0 Å². The Kier molecular flexibility index (Phi) is 5.46. The van der Waals surface area contributed by atoms with Crippen LogP contribution in [0.5, 0.6) is 11.5 Å². The molecule has 0 bridgehead atoms. The van der Waals surface area contributed by atoms with Gasteiger partial charge < -0.3 is 10.2 Å². The number of ketones is 1. The molecule has 0 saturated heterocycles. The third-order valence-electron chi connectivity index (χ3n) is 5.01. The van der Waals surface area contributed by atoms with Crippen LogP contribution in [0.4, 0.5) is 0 Å². The van der Waals surface area contributed by atoms with Crippen molar-refractivity contribution in [3.05, 3.63) is 58.1 Å². The number of aromatic hydroxyl groups is 2. The first-order valence-corrected chi connectivity index (χ1v) is 9.05. The lowest BCUT2D eigenvalue weighted by Gasteiger charge is -2.21. The zero-order valence-electron chi connectivity index (χ0n) is 15.2. The minimum Gasteiger partial charge on any atom is -0.507 e. The van der Waals surface area contributed by atoms with Gasteiger partial charge in [-0.25, -0.2) is 5.06 Å². The minimum absolute atomic E-state index is 0.0161. The van der Waals surface area contributed by atoms with E-state index in [4.69, 9.17) is 5.21 Å². The third-order valence-corrected chi connectivity index (χ3v) is 5.01. The van der Waals surface area contributed by atoms with Crippen molar-refractivity contribution >= 4 is 11.7 Å². The number of aryl methyl sites for hydroxylation is 1. The lowest BCUT2D eigenvalue weighted by atomic mass is 9.82. The summed E-state index contributed by atoms with van der Waals surface area (Å²) in [6, 6.07) is 8.70. The van der Waals surface area contributed by atoms with E-state index in [2.05, 4.69) is 0 Å². The molecular formula is C21H23NO5. The summed E-state index contributed by atoms with van der Waals surface area (Å²) >= 11 is 0. The molecule has 0 aliphatic heterocycles. The molecule has 3 N–H and O–H groups in total. The quantitative estimate of drug-likeness (QED) is 0.352. The fraction of sp³-hybridized carbons (Fsp3) is 0.333. The average Bonchev–Trinajstić information content (AvgIpc) is 2.62. The highest BCUT2D eigenvalue weighted by molar-refractivity contribution is 6.15. The summed E-state index contributed by atoms with van der Waals surface area (Å²) in [5.74, 6) is -0.750. The monoisotopic (exact) mass is 369 g/mol. The van der Waals surface area contributed by atoms with E-state index in [9.17, 15) is 19.8 Å². The smallest absolute Gasteiger partial charge is 0.245 e. The fourth-order valence-electron chi connectivity index (χ4n) is 3.53. The summed E-state index contributed by atoms with van der Waals surface area (Å²) < 4.78 is 0. The summed E-state index contributed by atoms with van der Waals surface area (Å²) in [5.41, 5.74) is 2.75. The molecule has 1 aliphatic rings. The second-order valence-corrected chi connectivity index (χ2v) is 6.90. The van der Waals surface area contributed by atoms with Gasteiger partial charge in [-0.3, -0.25) is 14.8 Å². The van der Waals surface area contributed by atoms with Crippen LogP contribution in [0.3, 0.4) is 0 Å². The summed E-state index contributed by atoms with van der Waals surface area (Å²) in [6.45, 7) is 0. The van der Waals surface area contributed by atoms with Crippen molar-refractivity contribution in [2.24, 2.45) is 0 Å². The van der Waals surface area contributed by atoms with Gasteiger partial charge in [0, 0.05) is 13.5 Å². The molecule has 2 aromatic carbocycles. The molecule has 6 nitrogen and oxygen atoms in total. The van der Waals surface area contributed by atoms with Crippen LogP contribution in [-0.2, 0) is 17.6 Å². The first-order valence-electron chi connectivity index (χ1n) is 9.05. The molecule has 0 spiro atoms. The molecule has 0 heterocycles. The molecular weight excluding hydrogens is 346 g/mol. The van der Waals surface area contributed by atoms with Crippen molar-refractivity contribution in [1.82, 2.24) is 5.06 Å². The van der Waals surface area contributed by atoms with Crippen molar-refractivity contribution in [2.75, 3.05) is 7.05 Å². The Balaban J connectivity index is 1.70. The van der Waals surface area contributed by atoms with Crippen LogP contribution >= 0.6 is 0 Å². The van der Waals surface area contributed by atoms with Crippen LogP contribution in [0, 0.1) is 0 Å². The number of amides is 1. The van der Waals surface area contributed by atoms with Crippen LogP contribution < -0.4 is 0 Å². The van der Waals surface area contributed by atoms with Crippen molar-refractivity contribution < 1.29 is 25.0 Å². The second-order valence-electron chi connectivity index (χ2n) is 6.90. The molecule has 0 aromatic heterocycles. The Morgan fingerprint density at radius 1 is 1.04 bits per heavy atom. The molecule has 0 unspecified atom stereocenters. The first kappa shape index (κ1) is 18.9. The second kappa shape index (κ2) is 7.80. The topological polar surface area (TPSA) is 98.1 Å². The summed E-state index contributed by atoms with van der Waals surface area (Å²) in [5, 5.41) is 30.3. The Morgan fingerprint density at radius 3 is 2.52 bits per heavy atom. The van der Waals surface area contributed by atoms with Crippen molar-refractivity contribution in [1.29, 1.82) is 0 Å². The largest absolute Gasteiger partial charge is 0.507 e. The number of hydrogen-bond donors (Lipinski definition) is 3. The predicted molar refractivity (Wildman–Crippen MR) is 99.2 cm³/mol. The number of nitrogens with zero attached hydrogens (tertiary/aromatic N) is 1. The van der Waals surface area contributed by atoms with Gasteiger partial charge in [0.2, 0.25) is 11.7 Å². The van der Waals surface area contributed by atoms with E-state index in [0.29, 0.717) is 29.9 Å². The van der Waals surface area contributed by atoms with Gasteiger partial charge in [-0.05, 0) is 48.4 Å². The van der Waals surface area contributed by atoms with Gasteiger partial charge in [-0.2, -0.15) is 0 Å². The zero-order valence-corrected chi connectivity index (χ0v) is 15.2. The molecule has 0 fully saturated rings. The van der Waals surface area contributed by atoms with E-state index in [0.717, 1.165) is 24.0 Å². The van der Waals surface area contributed by atoms with Gasteiger partial charge in [0.25, 0.3) is 0 Å². The standard InChI is InChI=1S/C21H23NO5/c1-22(27)17(24)9-4-2-3-6-13-10-11-15-12-14-7-5-8-16(23)18(14)21(26)19(15)20(13)25/h5,7-8,10-11,23,25,27H,2-4,6,9,12H2,1H3. The lowest BCUT2D eigenvalue weighted by Crippen LogP contribution is -2.21. The number of unbranched alkanes of at least 4 members (excludes halogenated alkanes) is 2. The Labute approximate surface area is 157 Å². The van der Waals surface area contributed by atoms with Gasteiger partial charge in [0.05, 0.1) is 11.1 Å². The molecule has 0 saturated carbocycles. The SMILES string of the molecule is CN(O)C(=O)CCCCCc1ccc2c(c1O)C(=O)c1c(O)cccc1C2. The number of carbonyl (C=O) groups excluding carboxylic acids is 2. The van der Waals surface area contributed by atoms with E-state index < -0.39 is 0 Å². The van der Waals surface area contributed by atoms with Crippen LogP contribution in [-0.4, -0.2) is 39.2 Å². The van der Waals surface area contributed by atoms with Gasteiger partial charge in [-0.1, -0.05) is 30.7 Å². The number of fused-ring (bicyclic) bond motifs is 2. The molecule has 6 heteroatoms. The Bertz CT molecular complexity index is 888. The Morgan fingerprint density at radius 2 is 1.78 bits per heavy atom.